The van der Waals surface area contributed by atoms with Crippen LogP contribution in [0.3, 0.4) is 0 Å². The summed E-state index contributed by atoms with van der Waals surface area (Å²) in [7, 11) is 0. The van der Waals surface area contributed by atoms with Crippen LogP contribution in [-0.2, 0) is 20.9 Å². The van der Waals surface area contributed by atoms with E-state index >= 15 is 0 Å². The first-order valence-electron chi connectivity index (χ1n) is 10.5. The summed E-state index contributed by atoms with van der Waals surface area (Å²) in [4.78, 5) is 48.0. The molecule has 0 saturated heterocycles. The van der Waals surface area contributed by atoms with Gasteiger partial charge in [0, 0.05) is 11.1 Å². The summed E-state index contributed by atoms with van der Waals surface area (Å²) in [6, 6.07) is -1.24. The molecule has 0 aliphatic carbocycles. The zero-order valence-electron chi connectivity index (χ0n) is 18.4. The molecule has 3 atom stereocenters. The largest absolute Gasteiger partial charge is 0.350 e. The summed E-state index contributed by atoms with van der Waals surface area (Å²) in [5.74, 6) is 0.181. The van der Waals surface area contributed by atoms with Gasteiger partial charge in [0.1, 0.15) is 27.3 Å². The van der Waals surface area contributed by atoms with Gasteiger partial charge in [0.15, 0.2) is 0 Å². The number of aliphatic imine (C=N–C) groups is 1. The van der Waals surface area contributed by atoms with Crippen molar-refractivity contribution in [3.8, 4) is 0 Å². The molecule has 11 heteroatoms. The number of aromatic nitrogens is 1. The second-order valence-electron chi connectivity index (χ2n) is 8.34. The minimum Gasteiger partial charge on any atom is -0.350 e. The summed E-state index contributed by atoms with van der Waals surface area (Å²) in [6.45, 7) is 5.82. The van der Waals surface area contributed by atoms with Gasteiger partial charge in [-0.05, 0) is 25.0 Å². The third-order valence-electron chi connectivity index (χ3n) is 5.17. The van der Waals surface area contributed by atoms with Crippen molar-refractivity contribution in [3.05, 3.63) is 28.2 Å². The Balaban J connectivity index is 1.92. The Kier molecular flexibility index (Phi) is 8.40. The number of carbonyl (C=O) groups is 3. The Labute approximate surface area is 201 Å². The third-order valence-corrected chi connectivity index (χ3v) is 7.56. The van der Waals surface area contributed by atoms with Crippen molar-refractivity contribution < 1.29 is 14.4 Å². The van der Waals surface area contributed by atoms with Gasteiger partial charge < -0.3 is 16.0 Å². The number of rotatable bonds is 4. The number of thioether (sulfide) groups is 1. The Bertz CT molecular complexity index is 930. The zero-order valence-corrected chi connectivity index (χ0v) is 20.9. The number of hydrogen-bond acceptors (Lipinski definition) is 8. The standard InChI is InChI=1S/C21H29N5O3S3/c1-12(2)17-18(28)23-13(6-4-5-7-30)8-15(27)22-9-16-24-14(10-31-16)19-26-21(3,11-32-19)20(29)25-17/h4,6,10,12-13,17,30H,5,7-9,11H2,1-3H3,(H,22,27)(H,23,28)(H,25,29)/t13-,17+,21+/m1/s1. The number of nitrogens with one attached hydrogen (secondary N) is 3. The molecule has 2 aliphatic rings. The van der Waals surface area contributed by atoms with E-state index in [1.165, 1.54) is 23.1 Å². The SMILES string of the molecule is CC(C)[C@@H]1NC(=O)[C@]2(C)CSC(=N2)c2csc(n2)CNC(=O)C[C@@H](C=CCCS)NC1=O. The topological polar surface area (TPSA) is 113 Å². The lowest BCUT2D eigenvalue weighted by molar-refractivity contribution is -0.132. The average Bonchev–Trinajstić information content (AvgIpc) is 3.37. The van der Waals surface area contributed by atoms with Crippen LogP contribution >= 0.6 is 35.7 Å². The highest BCUT2D eigenvalue weighted by atomic mass is 32.2. The van der Waals surface area contributed by atoms with Crippen LogP contribution in [0.1, 0.15) is 44.3 Å². The van der Waals surface area contributed by atoms with Gasteiger partial charge in [-0.1, -0.05) is 26.0 Å². The van der Waals surface area contributed by atoms with Crippen LogP contribution in [0.15, 0.2) is 22.5 Å². The molecule has 32 heavy (non-hydrogen) atoms. The molecule has 0 radical (unpaired) electrons. The molecule has 4 bridgehead atoms. The van der Waals surface area contributed by atoms with Crippen LogP contribution in [-0.4, -0.2) is 56.9 Å². The number of amides is 3. The van der Waals surface area contributed by atoms with Crippen molar-refractivity contribution in [1.29, 1.82) is 0 Å². The molecule has 174 valence electrons. The fraction of sp³-hybridized carbons (Fsp3) is 0.571. The minimum absolute atomic E-state index is 0.0894. The fourth-order valence-corrected chi connectivity index (χ4v) is 5.36. The summed E-state index contributed by atoms with van der Waals surface area (Å²) in [5, 5.41) is 12.0. The number of fused-ring (bicyclic) bond motifs is 4. The van der Waals surface area contributed by atoms with E-state index in [-0.39, 0.29) is 30.1 Å². The van der Waals surface area contributed by atoms with Crippen LogP contribution in [0.2, 0.25) is 0 Å². The second-order valence-corrected chi connectivity index (χ2v) is 10.7. The minimum atomic E-state index is -0.978. The normalized spacial score (nSPS) is 27.3. The quantitative estimate of drug-likeness (QED) is 0.377. The smallest absolute Gasteiger partial charge is 0.249 e. The number of nitrogens with zero attached hydrogens (tertiary/aromatic N) is 2. The lowest BCUT2D eigenvalue weighted by atomic mass is 9.99. The molecule has 3 amide bonds. The first-order chi connectivity index (χ1) is 15.2. The number of carbonyl (C=O) groups excluding carboxylic acids is 3. The average molecular weight is 496 g/mol. The van der Waals surface area contributed by atoms with E-state index in [2.05, 4.69) is 38.6 Å². The molecule has 0 saturated carbocycles. The van der Waals surface area contributed by atoms with Crippen LogP contribution in [0, 0.1) is 5.92 Å². The highest BCUT2D eigenvalue weighted by Gasteiger charge is 2.41. The highest BCUT2D eigenvalue weighted by Crippen LogP contribution is 2.32. The molecule has 1 aromatic rings. The molecular formula is C21H29N5O3S3. The molecule has 0 spiro atoms. The van der Waals surface area contributed by atoms with Crippen LogP contribution < -0.4 is 16.0 Å². The van der Waals surface area contributed by atoms with Crippen molar-refractivity contribution >= 4 is 58.5 Å². The van der Waals surface area contributed by atoms with Gasteiger partial charge in [-0.2, -0.15) is 12.6 Å². The van der Waals surface area contributed by atoms with Gasteiger partial charge in [-0.25, -0.2) is 4.98 Å². The van der Waals surface area contributed by atoms with E-state index < -0.39 is 17.6 Å². The molecule has 8 nitrogen and oxygen atoms in total. The van der Waals surface area contributed by atoms with Crippen molar-refractivity contribution in [2.45, 2.75) is 57.8 Å². The Morgan fingerprint density at radius 3 is 2.81 bits per heavy atom. The molecule has 0 fully saturated rings. The lowest BCUT2D eigenvalue weighted by Crippen LogP contribution is -2.56. The summed E-state index contributed by atoms with van der Waals surface area (Å²) < 4.78 is 0. The van der Waals surface area contributed by atoms with Gasteiger partial charge >= 0.3 is 0 Å². The predicted octanol–water partition coefficient (Wildman–Crippen LogP) is 1.92. The van der Waals surface area contributed by atoms with Crippen LogP contribution in [0.5, 0.6) is 0 Å². The molecule has 3 rings (SSSR count). The fourth-order valence-electron chi connectivity index (χ4n) is 3.29. The second kappa shape index (κ2) is 10.8. The maximum Gasteiger partial charge on any atom is 0.249 e. The molecule has 3 heterocycles. The van der Waals surface area contributed by atoms with Crippen LogP contribution in [0.4, 0.5) is 0 Å². The van der Waals surface area contributed by atoms with Gasteiger partial charge in [0.25, 0.3) is 0 Å². The summed E-state index contributed by atoms with van der Waals surface area (Å²) in [5.41, 5.74) is -0.271. The van der Waals surface area contributed by atoms with E-state index in [4.69, 9.17) is 0 Å². The highest BCUT2D eigenvalue weighted by molar-refractivity contribution is 8.14. The summed E-state index contributed by atoms with van der Waals surface area (Å²) in [6.07, 6.45) is 4.52. The van der Waals surface area contributed by atoms with Gasteiger partial charge in [0.05, 0.1) is 19.0 Å². The van der Waals surface area contributed by atoms with Gasteiger partial charge in [-0.3, -0.25) is 19.4 Å². The molecule has 2 aliphatic heterocycles. The van der Waals surface area contributed by atoms with Gasteiger partial charge in [0.2, 0.25) is 17.7 Å². The lowest BCUT2D eigenvalue weighted by Gasteiger charge is -2.27. The molecule has 1 aromatic heterocycles. The monoisotopic (exact) mass is 495 g/mol. The van der Waals surface area contributed by atoms with E-state index in [1.807, 2.05) is 31.4 Å². The van der Waals surface area contributed by atoms with Gasteiger partial charge in [-0.15, -0.1) is 23.1 Å². The number of allylic oxidation sites excluding steroid dienone is 1. The van der Waals surface area contributed by atoms with E-state index in [0.29, 0.717) is 28.8 Å². The summed E-state index contributed by atoms with van der Waals surface area (Å²) >= 11 is 7.11. The van der Waals surface area contributed by atoms with Crippen molar-refractivity contribution in [1.82, 2.24) is 20.9 Å². The molecular weight excluding hydrogens is 466 g/mol. The molecule has 0 unspecified atom stereocenters. The van der Waals surface area contributed by atoms with E-state index in [0.717, 1.165) is 11.4 Å². The molecule has 0 aromatic carbocycles. The van der Waals surface area contributed by atoms with Crippen molar-refractivity contribution in [2.24, 2.45) is 10.9 Å². The Morgan fingerprint density at radius 2 is 2.09 bits per heavy atom. The Morgan fingerprint density at radius 1 is 1.31 bits per heavy atom. The number of thiol groups is 1. The van der Waals surface area contributed by atoms with Crippen molar-refractivity contribution in [2.75, 3.05) is 11.5 Å². The predicted molar refractivity (Wildman–Crippen MR) is 132 cm³/mol. The van der Waals surface area contributed by atoms with E-state index in [9.17, 15) is 14.4 Å². The maximum absolute atomic E-state index is 13.1. The molecule has 3 N–H and O–H groups in total. The van der Waals surface area contributed by atoms with Crippen LogP contribution in [0.25, 0.3) is 0 Å². The Hall–Kier alpha value is -1.85. The number of hydrogen-bond donors (Lipinski definition) is 4. The first-order valence-corrected chi connectivity index (χ1v) is 13.0. The van der Waals surface area contributed by atoms with Crippen molar-refractivity contribution in [3.63, 3.8) is 0 Å². The zero-order chi connectivity index (χ0) is 23.3. The maximum atomic E-state index is 13.1. The number of thiazole rings is 1. The third kappa shape index (κ3) is 6.14. The first kappa shape index (κ1) is 24.8. The van der Waals surface area contributed by atoms with E-state index in [1.54, 1.807) is 6.92 Å².